The van der Waals surface area contributed by atoms with Crippen LogP contribution in [-0.2, 0) is 9.59 Å². The van der Waals surface area contributed by atoms with Gasteiger partial charge in [0.1, 0.15) is 11.5 Å². The summed E-state index contributed by atoms with van der Waals surface area (Å²) in [4.78, 5) is 36.1. The fourth-order valence-electron chi connectivity index (χ4n) is 4.37. The number of anilines is 1. The van der Waals surface area contributed by atoms with E-state index >= 15 is 0 Å². The SMILES string of the molecule is COc1ccc(C(=O)Nc2ccccc2C(c2ccc(OC(C)=O)cc2)c2ccc(OC(C)=O)cc2)cc1OC. The standard InChI is InChI=1S/C32H29NO7/c1-20(34)39-25-14-9-22(10-15-25)31(23-11-16-26(17-12-23)40-21(2)35)27-7-5-6-8-28(27)33-32(36)24-13-18-29(37-3)30(19-24)38-4/h5-19,31H,1-4H3,(H,33,36). The fraction of sp³-hybridized carbons (Fsp3) is 0.156. The molecule has 1 N–H and O–H groups in total. The minimum atomic E-state index is -0.409. The predicted octanol–water partition coefficient (Wildman–Crippen LogP) is 5.99. The van der Waals surface area contributed by atoms with Crippen LogP contribution in [0.3, 0.4) is 0 Å². The van der Waals surface area contributed by atoms with E-state index in [-0.39, 0.29) is 11.8 Å². The highest BCUT2D eigenvalue weighted by molar-refractivity contribution is 6.05. The lowest BCUT2D eigenvalue weighted by atomic mass is 9.84. The molecular weight excluding hydrogens is 510 g/mol. The van der Waals surface area contributed by atoms with Gasteiger partial charge in [0, 0.05) is 31.0 Å². The van der Waals surface area contributed by atoms with Gasteiger partial charge in [-0.2, -0.15) is 0 Å². The highest BCUT2D eigenvalue weighted by atomic mass is 16.5. The quantitative estimate of drug-likeness (QED) is 0.158. The Labute approximate surface area is 232 Å². The van der Waals surface area contributed by atoms with Crippen molar-refractivity contribution in [3.05, 3.63) is 113 Å². The van der Waals surface area contributed by atoms with Gasteiger partial charge in [0.15, 0.2) is 11.5 Å². The molecule has 0 aliphatic rings. The topological polar surface area (TPSA) is 100 Å². The Kier molecular flexibility index (Phi) is 8.81. The van der Waals surface area contributed by atoms with Crippen LogP contribution in [0.2, 0.25) is 0 Å². The van der Waals surface area contributed by atoms with E-state index in [0.717, 1.165) is 16.7 Å². The molecule has 0 unspecified atom stereocenters. The zero-order chi connectivity index (χ0) is 28.6. The van der Waals surface area contributed by atoms with E-state index in [0.29, 0.717) is 34.2 Å². The number of hydrogen-bond acceptors (Lipinski definition) is 7. The summed E-state index contributed by atoms with van der Waals surface area (Å²) in [5.41, 5.74) is 3.63. The zero-order valence-electron chi connectivity index (χ0n) is 22.6. The van der Waals surface area contributed by atoms with Gasteiger partial charge in [-0.15, -0.1) is 0 Å². The molecule has 4 rings (SSSR count). The van der Waals surface area contributed by atoms with Gasteiger partial charge < -0.3 is 24.3 Å². The number of hydrogen-bond donors (Lipinski definition) is 1. The van der Waals surface area contributed by atoms with Crippen molar-refractivity contribution in [2.75, 3.05) is 19.5 Å². The molecule has 0 aliphatic heterocycles. The van der Waals surface area contributed by atoms with Gasteiger partial charge in [0.25, 0.3) is 5.91 Å². The molecule has 0 fully saturated rings. The van der Waals surface area contributed by atoms with Gasteiger partial charge in [-0.25, -0.2) is 0 Å². The van der Waals surface area contributed by atoms with Gasteiger partial charge in [0.2, 0.25) is 0 Å². The average molecular weight is 540 g/mol. The third kappa shape index (κ3) is 6.66. The Hall–Kier alpha value is -5.11. The number of amides is 1. The maximum absolute atomic E-state index is 13.3. The molecule has 204 valence electrons. The molecular formula is C32H29NO7. The second kappa shape index (κ2) is 12.6. The molecule has 0 heterocycles. The molecule has 4 aromatic carbocycles. The predicted molar refractivity (Wildman–Crippen MR) is 150 cm³/mol. The van der Waals surface area contributed by atoms with Crippen LogP contribution in [0.25, 0.3) is 0 Å². The smallest absolute Gasteiger partial charge is 0.308 e. The summed E-state index contributed by atoms with van der Waals surface area (Å²) in [5, 5.41) is 3.04. The first-order valence-electron chi connectivity index (χ1n) is 12.5. The van der Waals surface area contributed by atoms with Gasteiger partial charge in [0.05, 0.1) is 14.2 Å². The maximum atomic E-state index is 13.3. The van der Waals surface area contributed by atoms with E-state index in [9.17, 15) is 14.4 Å². The molecule has 0 radical (unpaired) electrons. The lowest BCUT2D eigenvalue weighted by Crippen LogP contribution is -2.15. The van der Waals surface area contributed by atoms with Crippen molar-refractivity contribution in [2.24, 2.45) is 0 Å². The molecule has 1 amide bonds. The van der Waals surface area contributed by atoms with Crippen LogP contribution in [0.1, 0.15) is 46.8 Å². The van der Waals surface area contributed by atoms with E-state index in [4.69, 9.17) is 18.9 Å². The van der Waals surface area contributed by atoms with Crippen molar-refractivity contribution >= 4 is 23.5 Å². The van der Waals surface area contributed by atoms with Gasteiger partial charge in [-0.05, 0) is 65.2 Å². The minimum Gasteiger partial charge on any atom is -0.493 e. The van der Waals surface area contributed by atoms with Crippen LogP contribution in [0.4, 0.5) is 5.69 Å². The van der Waals surface area contributed by atoms with Crippen molar-refractivity contribution < 1.29 is 33.3 Å². The lowest BCUT2D eigenvalue weighted by molar-refractivity contribution is -0.132. The van der Waals surface area contributed by atoms with Crippen LogP contribution in [0.5, 0.6) is 23.0 Å². The number of carbonyl (C=O) groups excluding carboxylic acids is 3. The number of nitrogens with one attached hydrogen (secondary N) is 1. The largest absolute Gasteiger partial charge is 0.493 e. The van der Waals surface area contributed by atoms with Crippen LogP contribution < -0.4 is 24.3 Å². The average Bonchev–Trinajstić information content (AvgIpc) is 2.95. The molecule has 8 nitrogen and oxygen atoms in total. The lowest BCUT2D eigenvalue weighted by Gasteiger charge is -2.23. The van der Waals surface area contributed by atoms with Crippen molar-refractivity contribution in [1.29, 1.82) is 0 Å². The van der Waals surface area contributed by atoms with Gasteiger partial charge in [-0.3, -0.25) is 14.4 Å². The Morgan fingerprint density at radius 1 is 0.650 bits per heavy atom. The summed E-state index contributed by atoms with van der Waals surface area (Å²) in [7, 11) is 3.05. The summed E-state index contributed by atoms with van der Waals surface area (Å²) < 4.78 is 21.1. The second-order valence-corrected chi connectivity index (χ2v) is 8.87. The number of benzene rings is 4. The first-order chi connectivity index (χ1) is 19.3. The number of rotatable bonds is 9. The molecule has 40 heavy (non-hydrogen) atoms. The Morgan fingerprint density at radius 2 is 1.18 bits per heavy atom. The number of methoxy groups -OCH3 is 2. The molecule has 0 saturated carbocycles. The first-order valence-corrected chi connectivity index (χ1v) is 12.5. The monoisotopic (exact) mass is 539 g/mol. The second-order valence-electron chi connectivity index (χ2n) is 8.87. The molecule has 0 bridgehead atoms. The third-order valence-electron chi connectivity index (χ3n) is 6.12. The summed E-state index contributed by atoms with van der Waals surface area (Å²) in [6.07, 6.45) is 0. The Morgan fingerprint density at radius 3 is 1.68 bits per heavy atom. The van der Waals surface area contributed by atoms with Crippen LogP contribution in [0.15, 0.2) is 91.0 Å². The van der Waals surface area contributed by atoms with Crippen molar-refractivity contribution in [1.82, 2.24) is 0 Å². The van der Waals surface area contributed by atoms with Crippen molar-refractivity contribution in [2.45, 2.75) is 19.8 Å². The van der Waals surface area contributed by atoms with Gasteiger partial charge in [-0.1, -0.05) is 42.5 Å². The molecule has 0 atom stereocenters. The molecule has 0 aromatic heterocycles. The van der Waals surface area contributed by atoms with Crippen LogP contribution in [0, 0.1) is 0 Å². The minimum absolute atomic E-state index is 0.317. The highest BCUT2D eigenvalue weighted by Crippen LogP contribution is 2.38. The van der Waals surface area contributed by atoms with Crippen molar-refractivity contribution in [3.8, 4) is 23.0 Å². The summed E-state index contributed by atoms with van der Waals surface area (Å²) in [5.74, 6) is 0.367. The zero-order valence-corrected chi connectivity index (χ0v) is 22.6. The molecule has 0 spiro atoms. The van der Waals surface area contributed by atoms with Gasteiger partial charge >= 0.3 is 11.9 Å². The highest BCUT2D eigenvalue weighted by Gasteiger charge is 2.22. The summed E-state index contributed by atoms with van der Waals surface area (Å²) in [6.45, 7) is 2.69. The number of ether oxygens (including phenoxy) is 4. The van der Waals surface area contributed by atoms with E-state index in [1.807, 2.05) is 48.5 Å². The van der Waals surface area contributed by atoms with Crippen molar-refractivity contribution in [3.63, 3.8) is 0 Å². The Balaban J connectivity index is 1.74. The number of esters is 2. The van der Waals surface area contributed by atoms with Crippen LogP contribution in [-0.4, -0.2) is 32.1 Å². The summed E-state index contributed by atoms with van der Waals surface area (Å²) in [6, 6.07) is 26.9. The molecule has 0 saturated heterocycles. The summed E-state index contributed by atoms with van der Waals surface area (Å²) >= 11 is 0. The molecule has 8 heteroatoms. The maximum Gasteiger partial charge on any atom is 0.308 e. The van der Waals surface area contributed by atoms with E-state index in [2.05, 4.69) is 5.32 Å². The molecule has 4 aromatic rings. The van der Waals surface area contributed by atoms with E-state index in [1.54, 1.807) is 42.5 Å². The number of para-hydroxylation sites is 1. The molecule has 0 aliphatic carbocycles. The van der Waals surface area contributed by atoms with Crippen LogP contribution >= 0.6 is 0 Å². The van der Waals surface area contributed by atoms with E-state index in [1.165, 1.54) is 28.1 Å². The normalized spacial score (nSPS) is 10.5. The third-order valence-corrected chi connectivity index (χ3v) is 6.12. The van der Waals surface area contributed by atoms with E-state index < -0.39 is 11.9 Å². The fourth-order valence-corrected chi connectivity index (χ4v) is 4.37. The Bertz CT molecular complexity index is 1450. The number of carbonyl (C=O) groups is 3. The first kappa shape index (κ1) is 27.9.